The summed E-state index contributed by atoms with van der Waals surface area (Å²) in [5.41, 5.74) is 14.4. The molecule has 0 aliphatic heterocycles. The van der Waals surface area contributed by atoms with Crippen molar-refractivity contribution in [3.05, 3.63) is 47.5 Å². The lowest BCUT2D eigenvalue weighted by atomic mass is 10.1. The van der Waals surface area contributed by atoms with Crippen LogP contribution in [0.15, 0.2) is 36.4 Å². The number of nitrogens with one attached hydrogen (secondary N) is 1. The summed E-state index contributed by atoms with van der Waals surface area (Å²) in [4.78, 5) is 11.4. The van der Waals surface area contributed by atoms with Gasteiger partial charge in [0.2, 0.25) is 0 Å². The fourth-order valence-electron chi connectivity index (χ4n) is 2.02. The van der Waals surface area contributed by atoms with E-state index in [1.54, 1.807) is 25.3 Å². The van der Waals surface area contributed by atoms with E-state index in [1.165, 1.54) is 0 Å². The van der Waals surface area contributed by atoms with Crippen molar-refractivity contribution in [2.45, 2.75) is 6.92 Å². The third-order valence-electron chi connectivity index (χ3n) is 3.03. The van der Waals surface area contributed by atoms with E-state index in [0.29, 0.717) is 16.9 Å². The van der Waals surface area contributed by atoms with Crippen molar-refractivity contribution in [2.75, 3.05) is 18.2 Å². The molecule has 0 spiro atoms. The number of ether oxygens (including phenoxy) is 1. The fourth-order valence-corrected chi connectivity index (χ4v) is 2.02. The summed E-state index contributed by atoms with van der Waals surface area (Å²) >= 11 is 0. The number of carbonyl (C=O) groups excluding carboxylic acids is 1. The SMILES string of the molecule is COc1ccc(Nc2c(N)cccc2C(N)=O)cc1C. The lowest BCUT2D eigenvalue weighted by Crippen LogP contribution is -2.14. The average molecular weight is 271 g/mol. The Balaban J connectivity index is 2.39. The van der Waals surface area contributed by atoms with Crippen LogP contribution in [0.2, 0.25) is 0 Å². The Bertz CT molecular complexity index is 654. The third kappa shape index (κ3) is 2.66. The molecule has 0 atom stereocenters. The zero-order valence-electron chi connectivity index (χ0n) is 11.4. The van der Waals surface area contributed by atoms with E-state index in [0.717, 1.165) is 17.0 Å². The molecule has 0 heterocycles. The molecule has 5 nitrogen and oxygen atoms in total. The number of para-hydroxylation sites is 1. The highest BCUT2D eigenvalue weighted by molar-refractivity contribution is 6.02. The Morgan fingerprint density at radius 2 is 2.00 bits per heavy atom. The number of aryl methyl sites for hydroxylation is 1. The van der Waals surface area contributed by atoms with Crippen molar-refractivity contribution in [2.24, 2.45) is 5.73 Å². The summed E-state index contributed by atoms with van der Waals surface area (Å²) in [6, 6.07) is 10.7. The first kappa shape index (κ1) is 13.7. The predicted octanol–water partition coefficient (Wildman–Crippen LogP) is 2.43. The average Bonchev–Trinajstić information content (AvgIpc) is 2.41. The largest absolute Gasteiger partial charge is 0.496 e. The van der Waals surface area contributed by atoms with Crippen LogP contribution in [0, 0.1) is 6.92 Å². The summed E-state index contributed by atoms with van der Waals surface area (Å²) in [6.07, 6.45) is 0. The Kier molecular flexibility index (Phi) is 3.79. The number of carbonyl (C=O) groups is 1. The number of anilines is 3. The minimum atomic E-state index is -0.523. The molecule has 0 aromatic heterocycles. The molecule has 5 heteroatoms. The number of amides is 1. The van der Waals surface area contributed by atoms with Crippen LogP contribution in [0.5, 0.6) is 5.75 Å². The van der Waals surface area contributed by atoms with E-state index in [-0.39, 0.29) is 0 Å². The second kappa shape index (κ2) is 5.52. The van der Waals surface area contributed by atoms with E-state index in [2.05, 4.69) is 5.32 Å². The first-order valence-electron chi connectivity index (χ1n) is 6.13. The van der Waals surface area contributed by atoms with Crippen LogP contribution in [0.25, 0.3) is 0 Å². The molecular formula is C15H17N3O2. The Labute approximate surface area is 117 Å². The minimum absolute atomic E-state index is 0.360. The Morgan fingerprint density at radius 3 is 2.60 bits per heavy atom. The van der Waals surface area contributed by atoms with Gasteiger partial charge in [0.15, 0.2) is 0 Å². The highest BCUT2D eigenvalue weighted by atomic mass is 16.5. The van der Waals surface area contributed by atoms with Crippen LogP contribution < -0.4 is 21.5 Å². The van der Waals surface area contributed by atoms with Gasteiger partial charge in [-0.2, -0.15) is 0 Å². The molecule has 1 amide bonds. The van der Waals surface area contributed by atoms with Crippen molar-refractivity contribution in [3.8, 4) is 5.75 Å². The number of nitrogens with two attached hydrogens (primary N) is 2. The molecule has 5 N–H and O–H groups in total. The number of benzene rings is 2. The van der Waals surface area contributed by atoms with Crippen LogP contribution in [0.3, 0.4) is 0 Å². The number of nitrogen functional groups attached to an aromatic ring is 1. The summed E-state index contributed by atoms with van der Waals surface area (Å²) in [6.45, 7) is 1.94. The maximum Gasteiger partial charge on any atom is 0.250 e. The highest BCUT2D eigenvalue weighted by Gasteiger charge is 2.11. The molecule has 0 fully saturated rings. The van der Waals surface area contributed by atoms with Crippen molar-refractivity contribution in [1.29, 1.82) is 0 Å². The zero-order chi connectivity index (χ0) is 14.7. The third-order valence-corrected chi connectivity index (χ3v) is 3.03. The molecular weight excluding hydrogens is 254 g/mol. The van der Waals surface area contributed by atoms with Gasteiger partial charge in [0.05, 0.1) is 24.0 Å². The van der Waals surface area contributed by atoms with E-state index < -0.39 is 5.91 Å². The molecule has 0 unspecified atom stereocenters. The van der Waals surface area contributed by atoms with Crippen LogP contribution in [-0.4, -0.2) is 13.0 Å². The smallest absolute Gasteiger partial charge is 0.250 e. The second-order valence-corrected chi connectivity index (χ2v) is 4.44. The first-order chi connectivity index (χ1) is 9.52. The van der Waals surface area contributed by atoms with Crippen LogP contribution in [-0.2, 0) is 0 Å². The zero-order valence-corrected chi connectivity index (χ0v) is 11.4. The van der Waals surface area contributed by atoms with Crippen molar-refractivity contribution >= 4 is 23.0 Å². The molecule has 2 rings (SSSR count). The molecule has 0 aliphatic rings. The summed E-state index contributed by atoms with van der Waals surface area (Å²) < 4.78 is 5.21. The molecule has 20 heavy (non-hydrogen) atoms. The van der Waals surface area contributed by atoms with Gasteiger partial charge in [-0.3, -0.25) is 4.79 Å². The maximum atomic E-state index is 11.4. The van der Waals surface area contributed by atoms with Gasteiger partial charge in [-0.15, -0.1) is 0 Å². The number of hydrogen-bond donors (Lipinski definition) is 3. The Hall–Kier alpha value is -2.69. The molecule has 0 aliphatic carbocycles. The standard InChI is InChI=1S/C15H17N3O2/c1-9-8-10(6-7-13(9)20-2)18-14-11(15(17)19)4-3-5-12(14)16/h3-8,18H,16H2,1-2H3,(H2,17,19). The molecule has 0 saturated carbocycles. The molecule has 0 radical (unpaired) electrons. The van der Waals surface area contributed by atoms with Crippen LogP contribution in [0.1, 0.15) is 15.9 Å². The van der Waals surface area contributed by atoms with Crippen LogP contribution >= 0.6 is 0 Å². The monoisotopic (exact) mass is 271 g/mol. The van der Waals surface area contributed by atoms with E-state index in [4.69, 9.17) is 16.2 Å². The van der Waals surface area contributed by atoms with Gasteiger partial charge < -0.3 is 21.5 Å². The van der Waals surface area contributed by atoms with E-state index in [1.807, 2.05) is 25.1 Å². The molecule has 104 valence electrons. The minimum Gasteiger partial charge on any atom is -0.496 e. The molecule has 2 aromatic rings. The van der Waals surface area contributed by atoms with E-state index in [9.17, 15) is 4.79 Å². The van der Waals surface area contributed by atoms with E-state index >= 15 is 0 Å². The second-order valence-electron chi connectivity index (χ2n) is 4.44. The summed E-state index contributed by atoms with van der Waals surface area (Å²) in [5, 5.41) is 3.13. The topological polar surface area (TPSA) is 90.4 Å². The van der Waals surface area contributed by atoms with Gasteiger partial charge in [-0.1, -0.05) is 6.07 Å². The van der Waals surface area contributed by atoms with Gasteiger partial charge in [0.1, 0.15) is 5.75 Å². The van der Waals surface area contributed by atoms with Gasteiger partial charge >= 0.3 is 0 Å². The van der Waals surface area contributed by atoms with Gasteiger partial charge in [0.25, 0.3) is 5.91 Å². The summed E-state index contributed by atoms with van der Waals surface area (Å²) in [5.74, 6) is 0.275. The lowest BCUT2D eigenvalue weighted by Gasteiger charge is -2.14. The highest BCUT2D eigenvalue weighted by Crippen LogP contribution is 2.29. The van der Waals surface area contributed by atoms with Crippen molar-refractivity contribution in [3.63, 3.8) is 0 Å². The van der Waals surface area contributed by atoms with Crippen molar-refractivity contribution < 1.29 is 9.53 Å². The quantitative estimate of drug-likeness (QED) is 0.745. The molecule has 2 aromatic carbocycles. The first-order valence-corrected chi connectivity index (χ1v) is 6.13. The lowest BCUT2D eigenvalue weighted by molar-refractivity contribution is 0.100. The number of rotatable bonds is 4. The number of primary amides is 1. The molecule has 0 bridgehead atoms. The Morgan fingerprint density at radius 1 is 1.25 bits per heavy atom. The molecule has 0 saturated heterocycles. The van der Waals surface area contributed by atoms with Crippen LogP contribution in [0.4, 0.5) is 17.1 Å². The normalized spacial score (nSPS) is 10.1. The number of methoxy groups -OCH3 is 1. The van der Waals surface area contributed by atoms with Gasteiger partial charge in [0, 0.05) is 5.69 Å². The predicted molar refractivity (Wildman–Crippen MR) is 80.4 cm³/mol. The summed E-state index contributed by atoms with van der Waals surface area (Å²) in [7, 11) is 1.62. The van der Waals surface area contributed by atoms with Gasteiger partial charge in [-0.25, -0.2) is 0 Å². The maximum absolute atomic E-state index is 11.4. The van der Waals surface area contributed by atoms with Gasteiger partial charge in [-0.05, 0) is 42.8 Å². The number of hydrogen-bond acceptors (Lipinski definition) is 4. The van der Waals surface area contributed by atoms with Crippen molar-refractivity contribution in [1.82, 2.24) is 0 Å². The fraction of sp³-hybridized carbons (Fsp3) is 0.133.